The zero-order chi connectivity index (χ0) is 20.1. The first-order chi connectivity index (χ1) is 13.3. The van der Waals surface area contributed by atoms with Crippen molar-refractivity contribution in [1.29, 1.82) is 0 Å². The van der Waals surface area contributed by atoms with Gasteiger partial charge in [0, 0.05) is 0 Å². The van der Waals surface area contributed by atoms with Crippen LogP contribution in [0.3, 0.4) is 0 Å². The highest BCUT2D eigenvalue weighted by Crippen LogP contribution is 2.31. The quantitative estimate of drug-likeness (QED) is 0.391. The number of halogens is 4. The molecule has 0 fully saturated rings. The number of imidazole rings is 1. The van der Waals surface area contributed by atoms with E-state index in [0.717, 1.165) is 5.56 Å². The molecule has 0 bridgehead atoms. The van der Waals surface area contributed by atoms with Crippen LogP contribution in [0.5, 0.6) is 5.75 Å². The van der Waals surface area contributed by atoms with Gasteiger partial charge in [-0.1, -0.05) is 12.1 Å². The molecule has 0 spiro atoms. The number of fused-ring (bicyclic) bond motifs is 1. The summed E-state index contributed by atoms with van der Waals surface area (Å²) in [4.78, 5) is 8.03. The number of rotatable bonds is 4. The van der Waals surface area contributed by atoms with E-state index in [-0.39, 0.29) is 23.9 Å². The van der Waals surface area contributed by atoms with Crippen molar-refractivity contribution in [2.45, 2.75) is 19.6 Å². The van der Waals surface area contributed by atoms with Gasteiger partial charge >= 0.3 is 12.0 Å². The molecule has 3 aromatic heterocycles. The van der Waals surface area contributed by atoms with Gasteiger partial charge < -0.3 is 9.15 Å². The van der Waals surface area contributed by atoms with Crippen LogP contribution in [0.4, 0.5) is 13.2 Å². The monoisotopic (exact) mass is 503 g/mol. The van der Waals surface area contributed by atoms with E-state index in [1.54, 1.807) is 41.8 Å². The summed E-state index contributed by atoms with van der Waals surface area (Å²) < 4.78 is 53.7. The molecular formula is C17H13F3IN5O2. The van der Waals surface area contributed by atoms with Crippen molar-refractivity contribution in [3.8, 4) is 17.3 Å². The van der Waals surface area contributed by atoms with Crippen molar-refractivity contribution in [3.05, 3.63) is 51.3 Å². The van der Waals surface area contributed by atoms with E-state index in [4.69, 9.17) is 9.15 Å². The average Bonchev–Trinajstić information content (AvgIpc) is 3.30. The van der Waals surface area contributed by atoms with Gasteiger partial charge in [0.2, 0.25) is 0 Å². The first-order valence-electron chi connectivity index (χ1n) is 8.05. The third-order valence-corrected chi connectivity index (χ3v) is 5.04. The van der Waals surface area contributed by atoms with Crippen LogP contribution >= 0.6 is 22.6 Å². The first-order valence-corrected chi connectivity index (χ1v) is 9.13. The smallest absolute Gasteiger partial charge is 0.453 e. The summed E-state index contributed by atoms with van der Waals surface area (Å²) in [5, 5.41) is 3.68. The van der Waals surface area contributed by atoms with Crippen molar-refractivity contribution in [2.75, 3.05) is 7.11 Å². The van der Waals surface area contributed by atoms with Gasteiger partial charge in [-0.3, -0.25) is 4.40 Å². The second kappa shape index (κ2) is 6.79. The number of oxazole rings is 1. The van der Waals surface area contributed by atoms with Crippen molar-refractivity contribution in [2.24, 2.45) is 0 Å². The van der Waals surface area contributed by atoms with Crippen LogP contribution in [0.2, 0.25) is 0 Å². The van der Waals surface area contributed by atoms with E-state index in [1.807, 2.05) is 22.6 Å². The van der Waals surface area contributed by atoms with Gasteiger partial charge in [-0.05, 0) is 47.2 Å². The molecule has 0 saturated carbocycles. The number of aryl methyl sites for hydroxylation is 1. The fraction of sp³-hybridized carbons (Fsp3) is 0.235. The molecule has 0 atom stereocenters. The summed E-state index contributed by atoms with van der Waals surface area (Å²) in [6.45, 7) is 1.86. The van der Waals surface area contributed by atoms with Crippen LogP contribution in [0.1, 0.15) is 17.1 Å². The van der Waals surface area contributed by atoms with Gasteiger partial charge in [0.25, 0.3) is 5.82 Å². The van der Waals surface area contributed by atoms with Crippen LogP contribution in [0, 0.1) is 10.6 Å². The lowest BCUT2D eigenvalue weighted by Gasteiger charge is -2.06. The minimum absolute atomic E-state index is 0.0177. The molecule has 0 unspecified atom stereocenters. The maximum absolute atomic E-state index is 13.2. The van der Waals surface area contributed by atoms with Crippen molar-refractivity contribution in [3.63, 3.8) is 0 Å². The van der Waals surface area contributed by atoms with Crippen molar-refractivity contribution in [1.82, 2.24) is 24.1 Å². The highest BCUT2D eigenvalue weighted by Gasteiger charge is 2.38. The molecular weight excluding hydrogens is 490 g/mol. The SMILES string of the molecule is COc1ccc(Cn2nc(C(F)(F)F)nc2-c2nc3oc(C)cn3c2I)cc1. The molecule has 0 saturated heterocycles. The van der Waals surface area contributed by atoms with Crippen molar-refractivity contribution < 1.29 is 22.3 Å². The van der Waals surface area contributed by atoms with Crippen LogP contribution in [-0.2, 0) is 12.7 Å². The number of alkyl halides is 3. The van der Waals surface area contributed by atoms with E-state index in [9.17, 15) is 13.2 Å². The Morgan fingerprint density at radius 2 is 1.89 bits per heavy atom. The topological polar surface area (TPSA) is 70.4 Å². The average molecular weight is 503 g/mol. The van der Waals surface area contributed by atoms with Gasteiger partial charge in [-0.15, -0.1) is 5.10 Å². The molecule has 3 heterocycles. The molecule has 146 valence electrons. The molecule has 0 amide bonds. The lowest BCUT2D eigenvalue weighted by atomic mass is 10.2. The van der Waals surface area contributed by atoms with Gasteiger partial charge in [0.15, 0.2) is 5.82 Å². The molecule has 0 N–H and O–H groups in total. The molecule has 28 heavy (non-hydrogen) atoms. The maximum atomic E-state index is 13.2. The zero-order valence-electron chi connectivity index (χ0n) is 14.7. The zero-order valence-corrected chi connectivity index (χ0v) is 16.8. The molecule has 1 aromatic carbocycles. The number of nitrogens with zero attached hydrogens (tertiary/aromatic N) is 5. The number of benzene rings is 1. The molecule has 0 aliphatic carbocycles. The Morgan fingerprint density at radius 3 is 2.50 bits per heavy atom. The third kappa shape index (κ3) is 3.34. The third-order valence-electron chi connectivity index (χ3n) is 4.01. The van der Waals surface area contributed by atoms with Gasteiger partial charge in [0.1, 0.15) is 20.9 Å². The predicted octanol–water partition coefficient (Wildman–Crippen LogP) is 4.17. The Morgan fingerprint density at radius 1 is 1.18 bits per heavy atom. The second-order valence-electron chi connectivity index (χ2n) is 6.01. The second-order valence-corrected chi connectivity index (χ2v) is 7.03. The number of hydrogen-bond acceptors (Lipinski definition) is 5. The summed E-state index contributed by atoms with van der Waals surface area (Å²) in [5.41, 5.74) is 1.02. The Kier molecular flexibility index (Phi) is 4.56. The summed E-state index contributed by atoms with van der Waals surface area (Å²) in [5.74, 6) is 0.377. The lowest BCUT2D eigenvalue weighted by Crippen LogP contribution is -2.09. The van der Waals surface area contributed by atoms with E-state index in [0.29, 0.717) is 15.2 Å². The summed E-state index contributed by atoms with van der Waals surface area (Å²) >= 11 is 2.00. The molecule has 4 aromatic rings. The van der Waals surface area contributed by atoms with Crippen LogP contribution in [0.25, 0.3) is 17.4 Å². The molecule has 0 aliphatic heterocycles. The standard InChI is InChI=1S/C17H13F3IN5O2/c1-9-7-25-13(21)12(22-16(25)28-9)14-23-15(17(18,19)20)24-26(14)8-10-3-5-11(27-2)6-4-10/h3-7H,8H2,1-2H3. The first kappa shape index (κ1) is 18.8. The van der Waals surface area contributed by atoms with Crippen LogP contribution in [-0.4, -0.2) is 31.3 Å². The number of aromatic nitrogens is 5. The Balaban J connectivity index is 1.81. The summed E-state index contributed by atoms with van der Waals surface area (Å²) in [6.07, 6.45) is -2.96. The molecule has 0 radical (unpaired) electrons. The Hall–Kier alpha value is -2.57. The van der Waals surface area contributed by atoms with Crippen LogP contribution in [0.15, 0.2) is 34.9 Å². The van der Waals surface area contributed by atoms with Gasteiger partial charge in [-0.2, -0.15) is 18.2 Å². The molecule has 0 aliphatic rings. The molecule has 11 heteroatoms. The summed E-state index contributed by atoms with van der Waals surface area (Å²) in [7, 11) is 1.54. The highest BCUT2D eigenvalue weighted by atomic mass is 127. The van der Waals surface area contributed by atoms with E-state index >= 15 is 0 Å². The maximum Gasteiger partial charge on any atom is 0.453 e. The van der Waals surface area contributed by atoms with E-state index < -0.39 is 12.0 Å². The minimum atomic E-state index is -4.67. The largest absolute Gasteiger partial charge is 0.497 e. The summed E-state index contributed by atoms with van der Waals surface area (Å²) in [6, 6.07) is 6.97. The normalized spacial score (nSPS) is 12.1. The molecule has 4 rings (SSSR count). The van der Waals surface area contributed by atoms with E-state index in [1.165, 1.54) is 11.8 Å². The minimum Gasteiger partial charge on any atom is -0.497 e. The Labute approximate surface area is 170 Å². The molecule has 7 nitrogen and oxygen atoms in total. The number of ether oxygens (including phenoxy) is 1. The van der Waals surface area contributed by atoms with Crippen LogP contribution < -0.4 is 4.74 Å². The lowest BCUT2D eigenvalue weighted by molar-refractivity contribution is -0.144. The fourth-order valence-electron chi connectivity index (χ4n) is 2.72. The van der Waals surface area contributed by atoms with Crippen molar-refractivity contribution >= 4 is 28.4 Å². The van der Waals surface area contributed by atoms with Gasteiger partial charge in [0.05, 0.1) is 19.9 Å². The fourth-order valence-corrected chi connectivity index (χ4v) is 3.43. The number of methoxy groups -OCH3 is 1. The number of hydrogen-bond donors (Lipinski definition) is 0. The van der Waals surface area contributed by atoms with Gasteiger partial charge in [-0.25, -0.2) is 9.67 Å². The Bertz CT molecular complexity index is 1140. The highest BCUT2D eigenvalue weighted by molar-refractivity contribution is 14.1. The van der Waals surface area contributed by atoms with E-state index in [2.05, 4.69) is 15.1 Å². The predicted molar refractivity (Wildman–Crippen MR) is 101 cm³/mol.